The normalized spacial score (nSPS) is 31.5. The molecule has 1 aromatic rings. The molecule has 2 rings (SSSR count). The molecular weight excluding hydrogens is 186 g/mol. The molecule has 0 spiro atoms. The fourth-order valence-corrected chi connectivity index (χ4v) is 2.38. The van der Waals surface area contributed by atoms with Crippen LogP contribution in [0.2, 0.25) is 0 Å². The molecule has 0 saturated heterocycles. The highest BCUT2D eigenvalue weighted by atomic mass is 15.3. The summed E-state index contributed by atoms with van der Waals surface area (Å²) in [6.45, 7) is 4.72. The van der Waals surface area contributed by atoms with E-state index in [1.54, 1.807) is 0 Å². The summed E-state index contributed by atoms with van der Waals surface area (Å²) in [5.41, 5.74) is 0. The van der Waals surface area contributed by atoms with Gasteiger partial charge in [-0.05, 0) is 31.1 Å². The summed E-state index contributed by atoms with van der Waals surface area (Å²) in [5, 5.41) is 7.88. The van der Waals surface area contributed by atoms with Gasteiger partial charge in [-0.25, -0.2) is 0 Å². The molecule has 1 aliphatic rings. The molecule has 1 N–H and O–H groups in total. The van der Waals surface area contributed by atoms with Crippen LogP contribution in [-0.2, 0) is 7.05 Å². The molecule has 0 aromatic carbocycles. The van der Waals surface area contributed by atoms with E-state index < -0.39 is 0 Å². The van der Waals surface area contributed by atoms with Gasteiger partial charge in [0.25, 0.3) is 0 Å². The standard InChI is InChI=1S/C12H21N3/c1-9-4-5-11(8-10(9)2)13-12-6-7-15(3)14-12/h6-7,9-11H,4-5,8H2,1-3H3,(H,13,14)/t9-,10+,11-/m1/s1. The third-order valence-corrected chi connectivity index (χ3v) is 3.66. The summed E-state index contributed by atoms with van der Waals surface area (Å²) in [4.78, 5) is 0. The van der Waals surface area contributed by atoms with Gasteiger partial charge in [0.1, 0.15) is 5.82 Å². The Morgan fingerprint density at radius 2 is 2.13 bits per heavy atom. The highest BCUT2D eigenvalue weighted by Crippen LogP contribution is 2.30. The number of aryl methyl sites for hydroxylation is 1. The summed E-state index contributed by atoms with van der Waals surface area (Å²) in [7, 11) is 1.96. The zero-order valence-corrected chi connectivity index (χ0v) is 9.90. The van der Waals surface area contributed by atoms with Gasteiger partial charge in [-0.1, -0.05) is 13.8 Å². The van der Waals surface area contributed by atoms with Crippen LogP contribution in [0, 0.1) is 11.8 Å². The fourth-order valence-electron chi connectivity index (χ4n) is 2.38. The van der Waals surface area contributed by atoms with E-state index in [4.69, 9.17) is 0 Å². The van der Waals surface area contributed by atoms with Crippen LogP contribution < -0.4 is 5.32 Å². The van der Waals surface area contributed by atoms with Gasteiger partial charge in [-0.2, -0.15) is 5.10 Å². The lowest BCUT2D eigenvalue weighted by molar-refractivity contribution is 0.260. The van der Waals surface area contributed by atoms with Crippen molar-refractivity contribution in [3.63, 3.8) is 0 Å². The van der Waals surface area contributed by atoms with E-state index in [9.17, 15) is 0 Å². The molecule has 1 saturated carbocycles. The predicted octanol–water partition coefficient (Wildman–Crippen LogP) is 2.66. The lowest BCUT2D eigenvalue weighted by Crippen LogP contribution is -2.30. The van der Waals surface area contributed by atoms with Crippen molar-refractivity contribution in [1.82, 2.24) is 9.78 Å². The topological polar surface area (TPSA) is 29.9 Å². The first-order valence-electron chi connectivity index (χ1n) is 5.91. The summed E-state index contributed by atoms with van der Waals surface area (Å²) in [6, 6.07) is 2.66. The smallest absolute Gasteiger partial charge is 0.148 e. The van der Waals surface area contributed by atoms with Crippen LogP contribution in [0.5, 0.6) is 0 Å². The molecular formula is C12H21N3. The van der Waals surface area contributed by atoms with Gasteiger partial charge in [0.2, 0.25) is 0 Å². The molecule has 0 aliphatic heterocycles. The quantitative estimate of drug-likeness (QED) is 0.808. The van der Waals surface area contributed by atoms with E-state index >= 15 is 0 Å². The first-order valence-corrected chi connectivity index (χ1v) is 5.91. The van der Waals surface area contributed by atoms with Crippen molar-refractivity contribution in [2.24, 2.45) is 18.9 Å². The Hall–Kier alpha value is -0.990. The van der Waals surface area contributed by atoms with Crippen molar-refractivity contribution < 1.29 is 0 Å². The lowest BCUT2D eigenvalue weighted by Gasteiger charge is -2.32. The molecule has 84 valence electrons. The van der Waals surface area contributed by atoms with E-state index in [2.05, 4.69) is 24.3 Å². The molecule has 0 bridgehead atoms. The minimum Gasteiger partial charge on any atom is -0.366 e. The maximum absolute atomic E-state index is 4.35. The Balaban J connectivity index is 1.90. The number of anilines is 1. The zero-order valence-electron chi connectivity index (χ0n) is 9.90. The van der Waals surface area contributed by atoms with Crippen LogP contribution in [0.3, 0.4) is 0 Å². The van der Waals surface area contributed by atoms with Gasteiger partial charge < -0.3 is 5.32 Å². The van der Waals surface area contributed by atoms with Crippen LogP contribution in [0.25, 0.3) is 0 Å². The first kappa shape index (κ1) is 10.5. The van der Waals surface area contributed by atoms with Crippen LogP contribution in [0.4, 0.5) is 5.82 Å². The van der Waals surface area contributed by atoms with E-state index in [-0.39, 0.29) is 0 Å². The van der Waals surface area contributed by atoms with Crippen molar-refractivity contribution in [2.75, 3.05) is 5.32 Å². The van der Waals surface area contributed by atoms with Crippen molar-refractivity contribution in [2.45, 2.75) is 39.2 Å². The number of nitrogens with zero attached hydrogens (tertiary/aromatic N) is 2. The monoisotopic (exact) mass is 207 g/mol. The van der Waals surface area contributed by atoms with Gasteiger partial charge in [0.05, 0.1) is 0 Å². The van der Waals surface area contributed by atoms with Crippen LogP contribution in [0.1, 0.15) is 33.1 Å². The van der Waals surface area contributed by atoms with Gasteiger partial charge in [-0.3, -0.25) is 4.68 Å². The summed E-state index contributed by atoms with van der Waals surface area (Å²) in [5.74, 6) is 2.73. The largest absolute Gasteiger partial charge is 0.366 e. The number of hydrogen-bond acceptors (Lipinski definition) is 2. The van der Waals surface area contributed by atoms with E-state index in [1.807, 2.05) is 24.0 Å². The highest BCUT2D eigenvalue weighted by molar-refractivity contribution is 5.33. The Bertz CT molecular complexity index is 318. The Morgan fingerprint density at radius 1 is 1.33 bits per heavy atom. The molecule has 1 aliphatic carbocycles. The van der Waals surface area contributed by atoms with E-state index in [0.717, 1.165) is 17.7 Å². The van der Waals surface area contributed by atoms with Crippen LogP contribution >= 0.6 is 0 Å². The second-order valence-electron chi connectivity index (χ2n) is 4.98. The Kier molecular flexibility index (Phi) is 2.98. The summed E-state index contributed by atoms with van der Waals surface area (Å²) in [6.07, 6.45) is 5.88. The third-order valence-electron chi connectivity index (χ3n) is 3.66. The van der Waals surface area contributed by atoms with Crippen LogP contribution in [-0.4, -0.2) is 15.8 Å². The van der Waals surface area contributed by atoms with Gasteiger partial charge in [0.15, 0.2) is 0 Å². The van der Waals surface area contributed by atoms with Crippen molar-refractivity contribution in [3.8, 4) is 0 Å². The maximum atomic E-state index is 4.35. The fraction of sp³-hybridized carbons (Fsp3) is 0.750. The first-order chi connectivity index (χ1) is 7.15. The van der Waals surface area contributed by atoms with E-state index in [1.165, 1.54) is 19.3 Å². The molecule has 1 aromatic heterocycles. The Morgan fingerprint density at radius 3 is 2.73 bits per heavy atom. The number of rotatable bonds is 2. The minimum atomic E-state index is 0.617. The molecule has 3 heteroatoms. The molecule has 0 amide bonds. The predicted molar refractivity (Wildman–Crippen MR) is 62.8 cm³/mol. The zero-order chi connectivity index (χ0) is 10.8. The Labute approximate surface area is 91.9 Å². The second-order valence-corrected chi connectivity index (χ2v) is 4.98. The SMILES string of the molecule is C[C@@H]1CC[C@@H](Nc2ccn(C)n2)C[C@@H]1C. The number of hydrogen-bond donors (Lipinski definition) is 1. The molecule has 3 nitrogen and oxygen atoms in total. The second kappa shape index (κ2) is 4.25. The molecule has 15 heavy (non-hydrogen) atoms. The highest BCUT2D eigenvalue weighted by Gasteiger charge is 2.24. The lowest BCUT2D eigenvalue weighted by atomic mass is 9.79. The van der Waals surface area contributed by atoms with Gasteiger partial charge in [0, 0.05) is 25.4 Å². The van der Waals surface area contributed by atoms with Crippen molar-refractivity contribution >= 4 is 5.82 Å². The summed E-state index contributed by atoms with van der Waals surface area (Å²) >= 11 is 0. The van der Waals surface area contributed by atoms with Gasteiger partial charge in [-0.15, -0.1) is 0 Å². The van der Waals surface area contributed by atoms with Gasteiger partial charge >= 0.3 is 0 Å². The number of nitrogens with one attached hydrogen (secondary N) is 1. The maximum Gasteiger partial charge on any atom is 0.148 e. The molecule has 3 atom stereocenters. The molecule has 1 fully saturated rings. The van der Waals surface area contributed by atoms with Crippen LogP contribution in [0.15, 0.2) is 12.3 Å². The average molecular weight is 207 g/mol. The average Bonchev–Trinajstić information content (AvgIpc) is 2.58. The molecule has 1 heterocycles. The van der Waals surface area contributed by atoms with E-state index in [0.29, 0.717) is 6.04 Å². The van der Waals surface area contributed by atoms with Crippen molar-refractivity contribution in [1.29, 1.82) is 0 Å². The number of aromatic nitrogens is 2. The molecule has 0 unspecified atom stereocenters. The molecule has 0 radical (unpaired) electrons. The third kappa shape index (κ3) is 2.52. The summed E-state index contributed by atoms with van der Waals surface area (Å²) < 4.78 is 1.84. The van der Waals surface area contributed by atoms with Crippen molar-refractivity contribution in [3.05, 3.63) is 12.3 Å². The minimum absolute atomic E-state index is 0.617.